The Morgan fingerprint density at radius 3 is 2.43 bits per heavy atom. The van der Waals surface area contributed by atoms with Gasteiger partial charge in [-0.05, 0) is 38.0 Å². The number of carbonyl (C=O) groups excluding carboxylic acids is 1. The fourth-order valence-electron chi connectivity index (χ4n) is 3.82. The number of aromatic nitrogens is 2. The van der Waals surface area contributed by atoms with Crippen LogP contribution < -0.4 is 15.1 Å². The molecule has 30 heavy (non-hydrogen) atoms. The highest BCUT2D eigenvalue weighted by atomic mass is 16.5. The van der Waals surface area contributed by atoms with Gasteiger partial charge in [0.2, 0.25) is 5.95 Å². The fourth-order valence-corrected chi connectivity index (χ4v) is 3.82. The summed E-state index contributed by atoms with van der Waals surface area (Å²) in [6.45, 7) is 12.0. The van der Waals surface area contributed by atoms with Gasteiger partial charge in [0.05, 0.1) is 13.2 Å². The van der Waals surface area contributed by atoms with E-state index in [4.69, 9.17) is 9.72 Å². The lowest BCUT2D eigenvalue weighted by Crippen LogP contribution is -2.50. The average molecular weight is 411 g/mol. The molecule has 2 fully saturated rings. The Morgan fingerprint density at radius 2 is 1.70 bits per heavy atom. The van der Waals surface area contributed by atoms with Crippen LogP contribution in [0.25, 0.3) is 0 Å². The molecule has 8 nitrogen and oxygen atoms in total. The normalized spacial score (nSPS) is 17.2. The van der Waals surface area contributed by atoms with E-state index in [-0.39, 0.29) is 6.03 Å². The van der Waals surface area contributed by atoms with Gasteiger partial charge in [0.25, 0.3) is 0 Å². The van der Waals surface area contributed by atoms with Crippen LogP contribution in [0.2, 0.25) is 0 Å². The first-order valence-electron chi connectivity index (χ1n) is 10.6. The molecule has 2 amide bonds. The molecule has 1 aromatic heterocycles. The van der Waals surface area contributed by atoms with Crippen molar-refractivity contribution >= 4 is 23.5 Å². The summed E-state index contributed by atoms with van der Waals surface area (Å²) in [6.07, 6.45) is 0. The number of amides is 2. The van der Waals surface area contributed by atoms with E-state index < -0.39 is 0 Å². The molecule has 2 aromatic rings. The van der Waals surface area contributed by atoms with Crippen LogP contribution in [0.5, 0.6) is 0 Å². The number of anilines is 3. The second-order valence-corrected chi connectivity index (χ2v) is 7.92. The van der Waals surface area contributed by atoms with Crippen molar-refractivity contribution in [2.45, 2.75) is 20.8 Å². The Kier molecular flexibility index (Phi) is 6.03. The van der Waals surface area contributed by atoms with E-state index in [2.05, 4.69) is 33.1 Å². The van der Waals surface area contributed by atoms with Gasteiger partial charge in [0.15, 0.2) is 0 Å². The zero-order chi connectivity index (χ0) is 21.1. The molecule has 2 aliphatic rings. The Balaban J connectivity index is 1.39. The number of piperazine rings is 1. The minimum absolute atomic E-state index is 0.0532. The number of nitrogens with one attached hydrogen (secondary N) is 1. The number of rotatable bonds is 3. The third-order valence-electron chi connectivity index (χ3n) is 5.86. The summed E-state index contributed by atoms with van der Waals surface area (Å²) < 4.78 is 5.45. The standard InChI is InChI=1S/C22H30N6O2/c1-16-5-4-6-19(18(16)3)24-22(29)28-9-7-27(8-10-28)21-23-17(2)15-20(25-21)26-11-13-30-14-12-26/h4-6,15H,7-14H2,1-3H3,(H,24,29). The SMILES string of the molecule is Cc1cc(N2CCOCC2)nc(N2CCN(C(=O)Nc3cccc(C)c3C)CC2)n1. The maximum atomic E-state index is 12.7. The van der Waals surface area contributed by atoms with E-state index in [1.165, 1.54) is 5.56 Å². The van der Waals surface area contributed by atoms with Crippen molar-refractivity contribution in [1.29, 1.82) is 0 Å². The van der Waals surface area contributed by atoms with Crippen molar-refractivity contribution in [2.75, 3.05) is 67.6 Å². The van der Waals surface area contributed by atoms with Gasteiger partial charge in [-0.3, -0.25) is 0 Å². The van der Waals surface area contributed by atoms with Crippen molar-refractivity contribution in [3.8, 4) is 0 Å². The Bertz CT molecular complexity index is 904. The van der Waals surface area contributed by atoms with Crippen LogP contribution in [-0.2, 0) is 4.74 Å². The van der Waals surface area contributed by atoms with Gasteiger partial charge in [-0.1, -0.05) is 12.1 Å². The van der Waals surface area contributed by atoms with E-state index in [0.717, 1.165) is 55.0 Å². The molecule has 1 aromatic carbocycles. The third-order valence-corrected chi connectivity index (χ3v) is 5.86. The highest BCUT2D eigenvalue weighted by Crippen LogP contribution is 2.21. The van der Waals surface area contributed by atoms with Crippen molar-refractivity contribution in [3.05, 3.63) is 41.1 Å². The van der Waals surface area contributed by atoms with Crippen LogP contribution >= 0.6 is 0 Å². The maximum absolute atomic E-state index is 12.7. The molecule has 8 heteroatoms. The Labute approximate surface area is 177 Å². The van der Waals surface area contributed by atoms with Crippen molar-refractivity contribution in [3.63, 3.8) is 0 Å². The molecule has 0 bridgehead atoms. The van der Waals surface area contributed by atoms with Gasteiger partial charge in [-0.2, -0.15) is 4.98 Å². The molecule has 0 aliphatic carbocycles. The first-order chi connectivity index (χ1) is 14.5. The number of ether oxygens (including phenoxy) is 1. The van der Waals surface area contributed by atoms with Gasteiger partial charge < -0.3 is 24.8 Å². The van der Waals surface area contributed by atoms with Crippen LogP contribution in [0.3, 0.4) is 0 Å². The smallest absolute Gasteiger partial charge is 0.321 e. The second-order valence-electron chi connectivity index (χ2n) is 7.92. The summed E-state index contributed by atoms with van der Waals surface area (Å²) in [5.74, 6) is 1.70. The Morgan fingerprint density at radius 1 is 0.967 bits per heavy atom. The van der Waals surface area contributed by atoms with Gasteiger partial charge in [-0.15, -0.1) is 0 Å². The van der Waals surface area contributed by atoms with Crippen molar-refractivity contribution in [1.82, 2.24) is 14.9 Å². The van der Waals surface area contributed by atoms with E-state index in [1.807, 2.05) is 36.9 Å². The summed E-state index contributed by atoms with van der Waals surface area (Å²) in [5.41, 5.74) is 4.11. The highest BCUT2D eigenvalue weighted by Gasteiger charge is 2.24. The van der Waals surface area contributed by atoms with Gasteiger partial charge >= 0.3 is 6.03 Å². The quantitative estimate of drug-likeness (QED) is 0.839. The van der Waals surface area contributed by atoms with E-state index >= 15 is 0 Å². The maximum Gasteiger partial charge on any atom is 0.321 e. The fraction of sp³-hybridized carbons (Fsp3) is 0.500. The molecule has 2 saturated heterocycles. The Hall–Kier alpha value is -2.87. The van der Waals surface area contributed by atoms with E-state index in [0.29, 0.717) is 26.2 Å². The van der Waals surface area contributed by atoms with Crippen LogP contribution in [0.4, 0.5) is 22.2 Å². The molecule has 160 valence electrons. The summed E-state index contributed by atoms with van der Waals surface area (Å²) in [7, 11) is 0. The molecular formula is C22H30N6O2. The monoisotopic (exact) mass is 410 g/mol. The molecule has 1 N–H and O–H groups in total. The summed E-state index contributed by atoms with van der Waals surface area (Å²) in [5, 5.41) is 3.06. The number of carbonyl (C=O) groups is 1. The molecule has 0 radical (unpaired) electrons. The number of benzene rings is 1. The summed E-state index contributed by atoms with van der Waals surface area (Å²) in [4.78, 5) is 28.5. The minimum Gasteiger partial charge on any atom is -0.378 e. The molecule has 0 unspecified atom stereocenters. The second kappa shape index (κ2) is 8.87. The molecule has 0 spiro atoms. The molecular weight excluding hydrogens is 380 g/mol. The minimum atomic E-state index is -0.0532. The predicted octanol–water partition coefficient (Wildman–Crippen LogP) is 2.59. The first kappa shape index (κ1) is 20.4. The summed E-state index contributed by atoms with van der Waals surface area (Å²) in [6, 6.07) is 7.95. The molecule has 3 heterocycles. The number of urea groups is 1. The lowest BCUT2D eigenvalue weighted by Gasteiger charge is -2.35. The van der Waals surface area contributed by atoms with Crippen LogP contribution in [-0.4, -0.2) is 73.4 Å². The number of hydrogen-bond acceptors (Lipinski definition) is 6. The third kappa shape index (κ3) is 4.48. The van der Waals surface area contributed by atoms with Crippen molar-refractivity contribution < 1.29 is 9.53 Å². The lowest BCUT2D eigenvalue weighted by molar-refractivity contribution is 0.122. The topological polar surface area (TPSA) is 73.8 Å². The summed E-state index contributed by atoms with van der Waals surface area (Å²) >= 11 is 0. The zero-order valence-electron chi connectivity index (χ0n) is 18.0. The van der Waals surface area contributed by atoms with Crippen molar-refractivity contribution in [2.24, 2.45) is 0 Å². The predicted molar refractivity (Wildman–Crippen MR) is 119 cm³/mol. The van der Waals surface area contributed by atoms with Gasteiger partial charge in [0, 0.05) is 56.7 Å². The van der Waals surface area contributed by atoms with Crippen LogP contribution in [0, 0.1) is 20.8 Å². The largest absolute Gasteiger partial charge is 0.378 e. The number of aryl methyl sites for hydroxylation is 2. The van der Waals surface area contributed by atoms with Crippen LogP contribution in [0.15, 0.2) is 24.3 Å². The molecule has 0 atom stereocenters. The van der Waals surface area contributed by atoms with Crippen LogP contribution in [0.1, 0.15) is 16.8 Å². The number of nitrogens with zero attached hydrogens (tertiary/aromatic N) is 5. The van der Waals surface area contributed by atoms with E-state index in [1.54, 1.807) is 0 Å². The number of morpholine rings is 1. The van der Waals surface area contributed by atoms with Gasteiger partial charge in [-0.25, -0.2) is 9.78 Å². The van der Waals surface area contributed by atoms with E-state index in [9.17, 15) is 4.79 Å². The molecule has 4 rings (SSSR count). The van der Waals surface area contributed by atoms with Gasteiger partial charge in [0.1, 0.15) is 5.82 Å². The zero-order valence-corrected chi connectivity index (χ0v) is 18.0. The average Bonchev–Trinajstić information content (AvgIpc) is 2.77. The number of hydrogen-bond donors (Lipinski definition) is 1. The molecule has 2 aliphatic heterocycles. The lowest BCUT2D eigenvalue weighted by atomic mass is 10.1. The highest BCUT2D eigenvalue weighted by molar-refractivity contribution is 5.90. The first-order valence-corrected chi connectivity index (χ1v) is 10.6. The molecule has 0 saturated carbocycles.